The third kappa shape index (κ3) is 4.37. The molecule has 1 aromatic rings. The second-order valence-corrected chi connectivity index (χ2v) is 6.32. The fraction of sp³-hybridized carbons (Fsp3) is 0.462. The van der Waals surface area contributed by atoms with Crippen LogP contribution in [0.3, 0.4) is 0 Å². The van der Waals surface area contributed by atoms with Crippen LogP contribution in [0.2, 0.25) is 10.0 Å². The van der Waals surface area contributed by atoms with E-state index in [1.165, 1.54) is 12.8 Å². The van der Waals surface area contributed by atoms with Gasteiger partial charge in [-0.2, -0.15) is 5.26 Å². The lowest BCUT2D eigenvalue weighted by atomic mass is 10.2. The number of hydrogen-bond acceptors (Lipinski definition) is 3. The number of hydrogen-bond donors (Lipinski definition) is 1. The molecule has 1 unspecified atom stereocenters. The zero-order chi connectivity index (χ0) is 13.0. The minimum absolute atomic E-state index is 0.0345. The van der Waals surface area contributed by atoms with Crippen molar-refractivity contribution in [2.75, 3.05) is 5.75 Å². The van der Waals surface area contributed by atoms with E-state index >= 15 is 0 Å². The Morgan fingerprint density at radius 3 is 2.78 bits per heavy atom. The van der Waals surface area contributed by atoms with E-state index < -0.39 is 0 Å². The second-order valence-electron chi connectivity index (χ2n) is 4.34. The molecular formula is C13H14Cl2N2S. The molecule has 0 saturated heterocycles. The van der Waals surface area contributed by atoms with Gasteiger partial charge in [-0.05, 0) is 37.5 Å². The van der Waals surface area contributed by atoms with Crippen molar-refractivity contribution in [2.24, 2.45) is 0 Å². The molecule has 1 aliphatic carbocycles. The summed E-state index contributed by atoms with van der Waals surface area (Å²) >= 11 is 13.5. The summed E-state index contributed by atoms with van der Waals surface area (Å²) in [7, 11) is 0. The number of halogens is 2. The topological polar surface area (TPSA) is 35.8 Å². The van der Waals surface area contributed by atoms with Crippen molar-refractivity contribution in [1.82, 2.24) is 5.32 Å². The van der Waals surface area contributed by atoms with Crippen LogP contribution in [0.4, 0.5) is 0 Å². The van der Waals surface area contributed by atoms with Gasteiger partial charge in [-0.3, -0.25) is 5.32 Å². The Bertz CT molecular complexity index is 455. The number of nitrogens with one attached hydrogen (secondary N) is 1. The van der Waals surface area contributed by atoms with Crippen LogP contribution in [0.15, 0.2) is 23.1 Å². The normalized spacial score (nSPS) is 16.3. The van der Waals surface area contributed by atoms with Crippen LogP contribution < -0.4 is 5.32 Å². The highest BCUT2D eigenvalue weighted by Crippen LogP contribution is 2.28. The maximum absolute atomic E-state index is 9.02. The zero-order valence-corrected chi connectivity index (χ0v) is 12.2. The third-order valence-corrected chi connectivity index (χ3v) is 4.50. The van der Waals surface area contributed by atoms with Crippen molar-refractivity contribution in [2.45, 2.75) is 36.2 Å². The molecule has 0 aliphatic heterocycles. The van der Waals surface area contributed by atoms with Crippen LogP contribution >= 0.6 is 35.0 Å². The van der Waals surface area contributed by atoms with Gasteiger partial charge < -0.3 is 0 Å². The summed E-state index contributed by atoms with van der Waals surface area (Å²) in [6, 6.07) is 8.47. The van der Waals surface area contributed by atoms with Crippen LogP contribution in [0.5, 0.6) is 0 Å². The van der Waals surface area contributed by atoms with E-state index in [0.717, 1.165) is 17.1 Å². The number of nitrogens with zero attached hydrogens (tertiary/aromatic N) is 1. The molecule has 5 heteroatoms. The highest BCUT2D eigenvalue weighted by Gasteiger charge is 2.24. The summed E-state index contributed by atoms with van der Waals surface area (Å²) in [4.78, 5) is 1.09. The molecule has 18 heavy (non-hydrogen) atoms. The molecule has 0 aromatic heterocycles. The molecular weight excluding hydrogens is 287 g/mol. The van der Waals surface area contributed by atoms with E-state index in [1.54, 1.807) is 17.8 Å². The first kappa shape index (κ1) is 14.0. The highest BCUT2D eigenvalue weighted by atomic mass is 35.5. The Morgan fingerprint density at radius 2 is 2.17 bits per heavy atom. The Hall–Kier alpha value is -0.400. The Balaban J connectivity index is 1.76. The molecule has 1 aromatic carbocycles. The monoisotopic (exact) mass is 300 g/mol. The largest absolute Gasteiger partial charge is 0.299 e. The fourth-order valence-electron chi connectivity index (χ4n) is 1.58. The van der Waals surface area contributed by atoms with Gasteiger partial charge in [-0.25, -0.2) is 0 Å². The van der Waals surface area contributed by atoms with Crippen LogP contribution in [-0.4, -0.2) is 17.8 Å². The lowest BCUT2D eigenvalue weighted by Gasteiger charge is -2.10. The molecule has 96 valence electrons. The van der Waals surface area contributed by atoms with E-state index in [9.17, 15) is 0 Å². The lowest BCUT2D eigenvalue weighted by molar-refractivity contribution is 0.587. The van der Waals surface area contributed by atoms with Gasteiger partial charge in [0.1, 0.15) is 0 Å². The first-order chi connectivity index (χ1) is 8.69. The van der Waals surface area contributed by atoms with Gasteiger partial charge in [0.05, 0.1) is 22.2 Å². The molecule has 1 fully saturated rings. The van der Waals surface area contributed by atoms with Gasteiger partial charge >= 0.3 is 0 Å². The molecule has 1 saturated carbocycles. The van der Waals surface area contributed by atoms with E-state index in [2.05, 4.69) is 11.4 Å². The molecule has 0 amide bonds. The second kappa shape index (κ2) is 6.68. The van der Waals surface area contributed by atoms with E-state index in [1.807, 2.05) is 12.1 Å². The molecule has 2 rings (SSSR count). The Morgan fingerprint density at radius 1 is 1.39 bits per heavy atom. The predicted octanol–water partition coefficient (Wildman–Crippen LogP) is 4.12. The smallest absolute Gasteiger partial charge is 0.0963 e. The maximum Gasteiger partial charge on any atom is 0.0963 e. The van der Waals surface area contributed by atoms with Crippen LogP contribution in [0.1, 0.15) is 19.3 Å². The maximum atomic E-state index is 9.02. The van der Waals surface area contributed by atoms with Gasteiger partial charge in [-0.1, -0.05) is 23.2 Å². The van der Waals surface area contributed by atoms with E-state index in [0.29, 0.717) is 16.1 Å². The molecule has 0 bridgehead atoms. The van der Waals surface area contributed by atoms with Gasteiger partial charge in [0.2, 0.25) is 0 Å². The predicted molar refractivity (Wildman–Crippen MR) is 77.4 cm³/mol. The quantitative estimate of drug-likeness (QED) is 0.803. The van der Waals surface area contributed by atoms with Crippen molar-refractivity contribution in [1.29, 1.82) is 5.26 Å². The summed E-state index contributed by atoms with van der Waals surface area (Å²) in [5.74, 6) is 0.899. The standard InChI is InChI=1S/C13H14Cl2N2S/c14-12-4-3-11(7-13(12)15)18-6-5-10(8-16)17-9-1-2-9/h3-4,7,9-10,17H,1-2,5-6H2. The molecule has 0 spiro atoms. The average molecular weight is 301 g/mol. The minimum Gasteiger partial charge on any atom is -0.299 e. The molecule has 2 nitrogen and oxygen atoms in total. The summed E-state index contributed by atoms with van der Waals surface area (Å²) in [6.07, 6.45) is 3.26. The third-order valence-electron chi connectivity index (χ3n) is 2.74. The SMILES string of the molecule is N#CC(CCSc1ccc(Cl)c(Cl)c1)NC1CC1. The Kier molecular flexibility index (Phi) is 5.20. The first-order valence-electron chi connectivity index (χ1n) is 5.92. The molecule has 0 heterocycles. The van der Waals surface area contributed by atoms with Crippen LogP contribution in [0, 0.1) is 11.3 Å². The zero-order valence-electron chi connectivity index (χ0n) is 9.83. The first-order valence-corrected chi connectivity index (χ1v) is 7.66. The van der Waals surface area contributed by atoms with Gasteiger partial charge in [-0.15, -0.1) is 11.8 Å². The van der Waals surface area contributed by atoms with Gasteiger partial charge in [0.15, 0.2) is 0 Å². The van der Waals surface area contributed by atoms with Crippen molar-refractivity contribution < 1.29 is 0 Å². The fourth-order valence-corrected chi connectivity index (χ4v) is 2.90. The van der Waals surface area contributed by atoms with Crippen LogP contribution in [0.25, 0.3) is 0 Å². The summed E-state index contributed by atoms with van der Waals surface area (Å²) in [5, 5.41) is 13.5. The lowest BCUT2D eigenvalue weighted by Crippen LogP contribution is -2.29. The summed E-state index contributed by atoms with van der Waals surface area (Å²) in [6.45, 7) is 0. The van der Waals surface area contributed by atoms with Gasteiger partial charge in [0.25, 0.3) is 0 Å². The van der Waals surface area contributed by atoms with Crippen molar-refractivity contribution >= 4 is 35.0 Å². The molecule has 1 N–H and O–H groups in total. The summed E-state index contributed by atoms with van der Waals surface area (Å²) < 4.78 is 0. The van der Waals surface area contributed by atoms with Crippen molar-refractivity contribution in [3.05, 3.63) is 28.2 Å². The average Bonchev–Trinajstić information content (AvgIpc) is 3.16. The minimum atomic E-state index is -0.0345. The molecule has 1 atom stereocenters. The van der Waals surface area contributed by atoms with Crippen molar-refractivity contribution in [3.8, 4) is 6.07 Å². The number of benzene rings is 1. The molecule has 0 radical (unpaired) electrons. The van der Waals surface area contributed by atoms with Crippen molar-refractivity contribution in [3.63, 3.8) is 0 Å². The van der Waals surface area contributed by atoms with E-state index in [4.69, 9.17) is 28.5 Å². The number of rotatable bonds is 6. The van der Waals surface area contributed by atoms with Gasteiger partial charge in [0, 0.05) is 16.7 Å². The highest BCUT2D eigenvalue weighted by molar-refractivity contribution is 7.99. The number of nitriles is 1. The Labute approximate surface area is 122 Å². The summed E-state index contributed by atoms with van der Waals surface area (Å²) in [5.41, 5.74) is 0. The number of thioether (sulfide) groups is 1. The van der Waals surface area contributed by atoms with Crippen LogP contribution in [-0.2, 0) is 0 Å². The van der Waals surface area contributed by atoms with E-state index in [-0.39, 0.29) is 6.04 Å². The molecule has 1 aliphatic rings.